The number of aliphatic imine (C=N–C) groups is 1. The predicted molar refractivity (Wildman–Crippen MR) is 69.5 cm³/mol. The fourth-order valence-electron chi connectivity index (χ4n) is 1.43. The van der Waals surface area contributed by atoms with E-state index in [-0.39, 0.29) is 12.3 Å². The molecule has 0 aliphatic rings. The summed E-state index contributed by atoms with van der Waals surface area (Å²) in [6, 6.07) is 6.14. The van der Waals surface area contributed by atoms with Crippen molar-refractivity contribution in [3.63, 3.8) is 0 Å². The highest BCUT2D eigenvalue weighted by molar-refractivity contribution is 7.76. The summed E-state index contributed by atoms with van der Waals surface area (Å²) in [5.41, 5.74) is -0.373. The molecule has 106 valence electrons. The lowest BCUT2D eigenvalue weighted by molar-refractivity contribution is -0.0564. The van der Waals surface area contributed by atoms with E-state index >= 15 is 0 Å². The van der Waals surface area contributed by atoms with E-state index in [2.05, 4.69) is 4.99 Å². The summed E-state index contributed by atoms with van der Waals surface area (Å²) in [6.07, 6.45) is -4.79. The molecule has 3 nitrogen and oxygen atoms in total. The van der Waals surface area contributed by atoms with Crippen molar-refractivity contribution in [2.75, 3.05) is 13.3 Å². The maximum atomic E-state index is 12.9. The summed E-state index contributed by atoms with van der Waals surface area (Å²) >= 11 is 0. The first-order valence-corrected chi connectivity index (χ1v) is 7.69. The molecular formula is C12H15F3NO2P. The van der Waals surface area contributed by atoms with Gasteiger partial charge in [-0.05, 0) is 26.0 Å². The van der Waals surface area contributed by atoms with Crippen LogP contribution in [0.2, 0.25) is 0 Å². The highest BCUT2D eigenvalue weighted by Crippen LogP contribution is 2.50. The van der Waals surface area contributed by atoms with E-state index in [0.717, 1.165) is 12.2 Å². The van der Waals surface area contributed by atoms with Gasteiger partial charge in [-0.25, -0.2) is 4.99 Å². The Kier molecular flexibility index (Phi) is 4.93. The molecule has 0 radical (unpaired) electrons. The number of aryl methyl sites for hydroxylation is 1. The van der Waals surface area contributed by atoms with Gasteiger partial charge in [-0.15, -0.1) is 0 Å². The molecule has 0 N–H and O–H groups in total. The molecule has 1 atom stereocenters. The van der Waals surface area contributed by atoms with Crippen LogP contribution < -0.4 is 0 Å². The van der Waals surface area contributed by atoms with Gasteiger partial charge in [0.1, 0.15) is 0 Å². The number of alkyl halides is 3. The first kappa shape index (κ1) is 15.9. The fraction of sp³-hybridized carbons (Fsp3) is 0.417. The molecule has 0 aliphatic carbocycles. The second kappa shape index (κ2) is 5.88. The molecule has 0 spiro atoms. The minimum atomic E-state index is -4.79. The largest absolute Gasteiger partial charge is 0.439 e. The Morgan fingerprint density at radius 2 is 1.84 bits per heavy atom. The van der Waals surface area contributed by atoms with E-state index in [9.17, 15) is 17.7 Å². The van der Waals surface area contributed by atoms with Crippen LogP contribution in [-0.2, 0) is 9.09 Å². The Hall–Kier alpha value is -1.13. The summed E-state index contributed by atoms with van der Waals surface area (Å²) in [5.74, 6) is 0. The molecule has 0 saturated heterocycles. The molecule has 1 rings (SSSR count). The van der Waals surface area contributed by atoms with Crippen molar-refractivity contribution in [1.82, 2.24) is 0 Å². The number of nitrogens with zero attached hydrogens (tertiary/aromatic N) is 1. The lowest BCUT2D eigenvalue weighted by Crippen LogP contribution is -2.23. The van der Waals surface area contributed by atoms with Crippen molar-refractivity contribution in [2.24, 2.45) is 4.99 Å². The maximum absolute atomic E-state index is 12.9. The monoisotopic (exact) mass is 293 g/mol. The van der Waals surface area contributed by atoms with Crippen LogP contribution in [0.15, 0.2) is 29.3 Å². The van der Waals surface area contributed by atoms with Gasteiger partial charge in [-0.2, -0.15) is 13.2 Å². The van der Waals surface area contributed by atoms with E-state index < -0.39 is 19.0 Å². The van der Waals surface area contributed by atoms with E-state index in [4.69, 9.17) is 4.52 Å². The quantitative estimate of drug-likeness (QED) is 0.604. The van der Waals surface area contributed by atoms with E-state index in [1.54, 1.807) is 12.1 Å². The normalized spacial score (nSPS) is 16.2. The zero-order valence-corrected chi connectivity index (χ0v) is 11.8. The third kappa shape index (κ3) is 4.48. The van der Waals surface area contributed by atoms with Crippen LogP contribution in [0.4, 0.5) is 18.9 Å². The van der Waals surface area contributed by atoms with Crippen molar-refractivity contribution >= 4 is 18.5 Å². The molecule has 0 saturated carbocycles. The average molecular weight is 293 g/mol. The van der Waals surface area contributed by atoms with Crippen LogP contribution >= 0.6 is 7.37 Å². The zero-order valence-electron chi connectivity index (χ0n) is 10.9. The van der Waals surface area contributed by atoms with Crippen LogP contribution in [0.1, 0.15) is 12.5 Å². The molecule has 0 aliphatic heterocycles. The Labute approximate surface area is 110 Å². The SMILES string of the molecule is CCOP(C)(=O)C(=Nc1ccc(C)cc1)C(F)(F)F. The Morgan fingerprint density at radius 1 is 1.32 bits per heavy atom. The molecule has 1 aromatic rings. The van der Waals surface area contributed by atoms with Gasteiger partial charge in [0.2, 0.25) is 5.45 Å². The van der Waals surface area contributed by atoms with Gasteiger partial charge in [0.15, 0.2) is 0 Å². The van der Waals surface area contributed by atoms with Gasteiger partial charge in [0.25, 0.3) is 7.37 Å². The van der Waals surface area contributed by atoms with Gasteiger partial charge in [-0.3, -0.25) is 4.57 Å². The van der Waals surface area contributed by atoms with Gasteiger partial charge in [0, 0.05) is 6.66 Å². The molecule has 0 aromatic heterocycles. The molecule has 0 bridgehead atoms. The van der Waals surface area contributed by atoms with Crippen molar-refractivity contribution in [2.45, 2.75) is 20.0 Å². The van der Waals surface area contributed by atoms with Gasteiger partial charge >= 0.3 is 6.18 Å². The summed E-state index contributed by atoms with van der Waals surface area (Å²) in [7, 11) is -3.98. The molecule has 0 fully saturated rings. The molecule has 0 heterocycles. The average Bonchev–Trinajstić information content (AvgIpc) is 2.26. The fourth-order valence-corrected chi connectivity index (χ4v) is 2.81. The minimum Gasteiger partial charge on any atom is -0.325 e. The second-order valence-electron chi connectivity index (χ2n) is 4.03. The van der Waals surface area contributed by atoms with E-state index in [1.807, 2.05) is 6.92 Å². The van der Waals surface area contributed by atoms with E-state index in [0.29, 0.717) is 0 Å². The zero-order chi connectivity index (χ0) is 14.7. The van der Waals surface area contributed by atoms with Crippen LogP contribution in [0, 0.1) is 6.92 Å². The molecule has 19 heavy (non-hydrogen) atoms. The lowest BCUT2D eigenvalue weighted by Gasteiger charge is -2.17. The highest BCUT2D eigenvalue weighted by Gasteiger charge is 2.46. The maximum Gasteiger partial charge on any atom is 0.439 e. The van der Waals surface area contributed by atoms with Crippen molar-refractivity contribution in [3.05, 3.63) is 29.8 Å². The third-order valence-corrected chi connectivity index (χ3v) is 4.16. The number of rotatable bonds is 4. The van der Waals surface area contributed by atoms with Crippen molar-refractivity contribution in [1.29, 1.82) is 0 Å². The van der Waals surface area contributed by atoms with Crippen molar-refractivity contribution < 1.29 is 22.3 Å². The molecule has 1 aromatic carbocycles. The van der Waals surface area contributed by atoms with Gasteiger partial charge in [-0.1, -0.05) is 17.7 Å². The highest BCUT2D eigenvalue weighted by atomic mass is 31.2. The lowest BCUT2D eigenvalue weighted by atomic mass is 10.2. The van der Waals surface area contributed by atoms with Crippen LogP contribution in [0.5, 0.6) is 0 Å². The van der Waals surface area contributed by atoms with Crippen LogP contribution in [-0.4, -0.2) is 24.9 Å². The summed E-state index contributed by atoms with van der Waals surface area (Å²) in [4.78, 5) is 3.46. The Balaban J connectivity index is 3.25. The number of hydrogen-bond acceptors (Lipinski definition) is 3. The third-order valence-electron chi connectivity index (χ3n) is 2.28. The van der Waals surface area contributed by atoms with E-state index in [1.165, 1.54) is 19.1 Å². The standard InChI is InChI=1S/C12H15F3NO2P/c1-4-18-19(3,17)11(12(13,14)15)16-10-7-5-9(2)6-8-10/h5-8H,4H2,1-3H3. The van der Waals surface area contributed by atoms with Crippen LogP contribution in [0.25, 0.3) is 0 Å². The topological polar surface area (TPSA) is 38.7 Å². The predicted octanol–water partition coefficient (Wildman–Crippen LogP) is 4.53. The summed E-state index contributed by atoms with van der Waals surface area (Å²) < 4.78 is 55.4. The van der Waals surface area contributed by atoms with Gasteiger partial charge in [0.05, 0.1) is 12.3 Å². The minimum absolute atomic E-state index is 0.0726. The first-order chi connectivity index (χ1) is 8.66. The first-order valence-electron chi connectivity index (χ1n) is 5.62. The summed E-state index contributed by atoms with van der Waals surface area (Å²) in [5, 5.41) is 0. The molecule has 1 unspecified atom stereocenters. The molecule has 0 amide bonds. The number of hydrogen-bond donors (Lipinski definition) is 0. The number of halogens is 3. The van der Waals surface area contributed by atoms with Crippen molar-refractivity contribution in [3.8, 4) is 0 Å². The molecule has 7 heteroatoms. The summed E-state index contributed by atoms with van der Waals surface area (Å²) in [6.45, 7) is 4.15. The molecular weight excluding hydrogens is 278 g/mol. The smallest absolute Gasteiger partial charge is 0.325 e. The van der Waals surface area contributed by atoms with Gasteiger partial charge < -0.3 is 4.52 Å². The van der Waals surface area contributed by atoms with Crippen LogP contribution in [0.3, 0.4) is 0 Å². The Bertz CT molecular complexity index is 509. The second-order valence-corrected chi connectivity index (χ2v) is 6.41. The Morgan fingerprint density at radius 3 is 2.26 bits per heavy atom. The number of benzene rings is 1.